The number of methoxy groups -OCH3 is 1. The Morgan fingerprint density at radius 2 is 1.80 bits per heavy atom. The van der Waals surface area contributed by atoms with Crippen molar-refractivity contribution < 1.29 is 23.9 Å². The summed E-state index contributed by atoms with van der Waals surface area (Å²) in [7, 11) is 1.56. The Morgan fingerprint density at radius 3 is 2.63 bits per heavy atom. The number of amides is 2. The summed E-state index contributed by atoms with van der Waals surface area (Å²) >= 11 is 1.22. The average Bonchev–Trinajstić information content (AvgIpc) is 3.31. The minimum Gasteiger partial charge on any atom is -0.497 e. The highest BCUT2D eigenvalue weighted by Crippen LogP contribution is 2.29. The molecule has 35 heavy (non-hydrogen) atoms. The van der Waals surface area contributed by atoms with Gasteiger partial charge in [0.25, 0.3) is 5.91 Å². The predicted octanol–water partition coefficient (Wildman–Crippen LogP) is 4.56. The Kier molecular flexibility index (Phi) is 7.72. The number of benzene rings is 3. The van der Waals surface area contributed by atoms with Crippen LogP contribution in [0.5, 0.6) is 5.75 Å². The van der Waals surface area contributed by atoms with Gasteiger partial charge in [0, 0.05) is 28.9 Å². The third-order valence-corrected chi connectivity index (χ3v) is 6.68. The van der Waals surface area contributed by atoms with Crippen LogP contribution in [0.2, 0.25) is 0 Å². The molecule has 1 unspecified atom stereocenters. The van der Waals surface area contributed by atoms with E-state index in [2.05, 4.69) is 5.32 Å². The van der Waals surface area contributed by atoms with E-state index in [0.29, 0.717) is 28.4 Å². The van der Waals surface area contributed by atoms with Crippen molar-refractivity contribution in [2.75, 3.05) is 29.6 Å². The molecule has 0 saturated carbocycles. The van der Waals surface area contributed by atoms with Gasteiger partial charge in [-0.05, 0) is 49.2 Å². The maximum absolute atomic E-state index is 13.0. The van der Waals surface area contributed by atoms with Crippen LogP contribution in [0.4, 0.5) is 11.4 Å². The van der Waals surface area contributed by atoms with Crippen molar-refractivity contribution >= 4 is 40.9 Å². The van der Waals surface area contributed by atoms with Crippen molar-refractivity contribution in [2.24, 2.45) is 0 Å². The first-order valence-corrected chi connectivity index (χ1v) is 12.2. The van der Waals surface area contributed by atoms with E-state index in [0.717, 1.165) is 17.7 Å². The molecule has 180 valence electrons. The van der Waals surface area contributed by atoms with Crippen molar-refractivity contribution in [1.82, 2.24) is 0 Å². The largest absolute Gasteiger partial charge is 0.497 e. The molecule has 1 heterocycles. The van der Waals surface area contributed by atoms with Gasteiger partial charge in [-0.2, -0.15) is 0 Å². The molecule has 3 aromatic rings. The number of ether oxygens (including phenoxy) is 2. The monoisotopic (exact) mass is 490 g/mol. The number of fused-ring (bicyclic) bond motifs is 1. The van der Waals surface area contributed by atoms with Crippen LogP contribution in [0.15, 0.2) is 77.7 Å². The van der Waals surface area contributed by atoms with E-state index >= 15 is 0 Å². The van der Waals surface area contributed by atoms with Gasteiger partial charge in [0.05, 0.1) is 18.4 Å². The molecule has 0 fully saturated rings. The van der Waals surface area contributed by atoms with Crippen LogP contribution in [-0.2, 0) is 20.7 Å². The van der Waals surface area contributed by atoms with Crippen LogP contribution >= 0.6 is 11.8 Å². The molecule has 0 radical (unpaired) electrons. The lowest BCUT2D eigenvalue weighted by molar-refractivity contribution is -0.126. The van der Waals surface area contributed by atoms with Gasteiger partial charge in [0.15, 0.2) is 6.10 Å². The van der Waals surface area contributed by atoms with Crippen LogP contribution < -0.4 is 15.0 Å². The fraction of sp³-hybridized carbons (Fsp3) is 0.222. The highest BCUT2D eigenvalue weighted by molar-refractivity contribution is 8.00. The molecule has 0 bridgehead atoms. The Hall–Kier alpha value is -3.78. The molecular weight excluding hydrogens is 464 g/mol. The zero-order chi connectivity index (χ0) is 24.8. The van der Waals surface area contributed by atoms with Gasteiger partial charge in [-0.1, -0.05) is 36.4 Å². The molecule has 1 atom stereocenters. The number of hydrogen-bond acceptors (Lipinski definition) is 6. The maximum atomic E-state index is 13.0. The molecule has 1 aliphatic heterocycles. The molecule has 0 spiro atoms. The number of anilines is 2. The molecule has 0 aliphatic carbocycles. The van der Waals surface area contributed by atoms with E-state index in [1.54, 1.807) is 67.5 Å². The topological polar surface area (TPSA) is 84.9 Å². The van der Waals surface area contributed by atoms with Gasteiger partial charge < -0.3 is 19.7 Å². The summed E-state index contributed by atoms with van der Waals surface area (Å²) in [6.07, 6.45) is -0.164. The number of rotatable bonds is 8. The first-order chi connectivity index (χ1) is 17.0. The summed E-state index contributed by atoms with van der Waals surface area (Å²) in [4.78, 5) is 40.6. The zero-order valence-corrected chi connectivity index (χ0v) is 20.3. The number of carbonyl (C=O) groups excluding carboxylic acids is 3. The van der Waals surface area contributed by atoms with Crippen molar-refractivity contribution in [3.8, 4) is 5.75 Å². The smallest absolute Gasteiger partial charge is 0.340 e. The molecule has 8 heteroatoms. The van der Waals surface area contributed by atoms with Crippen molar-refractivity contribution in [2.45, 2.75) is 24.3 Å². The van der Waals surface area contributed by atoms with Gasteiger partial charge in [0.1, 0.15) is 5.75 Å². The van der Waals surface area contributed by atoms with Crippen molar-refractivity contribution in [3.63, 3.8) is 0 Å². The fourth-order valence-corrected chi connectivity index (χ4v) is 4.70. The second-order valence-corrected chi connectivity index (χ2v) is 9.00. The van der Waals surface area contributed by atoms with E-state index in [1.165, 1.54) is 11.8 Å². The standard InChI is InChI=1S/C27H26N2O5S/c1-18(26(31)29-15-14-19-8-3-5-12-23(19)29)34-27(32)22-11-4-6-13-24(22)35-17-25(30)28-20-9-7-10-21(16-20)33-2/h3-13,16,18H,14-15,17H2,1-2H3,(H,28,30). The third kappa shape index (κ3) is 5.84. The molecule has 1 N–H and O–H groups in total. The first-order valence-electron chi connectivity index (χ1n) is 11.2. The SMILES string of the molecule is COc1cccc(NC(=O)CSc2ccccc2C(=O)OC(C)C(=O)N2CCc3ccccc32)c1. The summed E-state index contributed by atoms with van der Waals surface area (Å²) in [5.41, 5.74) is 2.90. The summed E-state index contributed by atoms with van der Waals surface area (Å²) in [6.45, 7) is 2.15. The minimum absolute atomic E-state index is 0.0978. The summed E-state index contributed by atoms with van der Waals surface area (Å²) in [6, 6.07) is 21.7. The number of para-hydroxylation sites is 1. The highest BCUT2D eigenvalue weighted by atomic mass is 32.2. The molecule has 2 amide bonds. The Morgan fingerprint density at radius 1 is 1.03 bits per heavy atom. The fourth-order valence-electron chi connectivity index (χ4n) is 3.86. The molecule has 0 aromatic heterocycles. The van der Waals surface area contributed by atoms with Crippen LogP contribution in [-0.4, -0.2) is 43.3 Å². The summed E-state index contributed by atoms with van der Waals surface area (Å²) in [5.74, 6) is -0.339. The number of nitrogens with one attached hydrogen (secondary N) is 1. The predicted molar refractivity (Wildman–Crippen MR) is 136 cm³/mol. The van der Waals surface area contributed by atoms with E-state index in [9.17, 15) is 14.4 Å². The van der Waals surface area contributed by atoms with Crippen LogP contribution in [0.1, 0.15) is 22.8 Å². The number of thioether (sulfide) groups is 1. The Bertz CT molecular complexity index is 1250. The Labute approximate surface area is 208 Å². The van der Waals surface area contributed by atoms with Gasteiger partial charge in [-0.15, -0.1) is 11.8 Å². The van der Waals surface area contributed by atoms with Gasteiger partial charge in [-0.3, -0.25) is 9.59 Å². The third-order valence-electron chi connectivity index (χ3n) is 5.60. The van der Waals surface area contributed by atoms with Crippen molar-refractivity contribution in [3.05, 3.63) is 83.9 Å². The lowest BCUT2D eigenvalue weighted by atomic mass is 10.2. The second-order valence-electron chi connectivity index (χ2n) is 7.98. The van der Waals surface area contributed by atoms with Gasteiger partial charge >= 0.3 is 5.97 Å². The minimum atomic E-state index is -0.942. The van der Waals surface area contributed by atoms with Crippen molar-refractivity contribution in [1.29, 1.82) is 0 Å². The summed E-state index contributed by atoms with van der Waals surface area (Å²) in [5, 5.41) is 2.82. The quantitative estimate of drug-likeness (QED) is 0.368. The molecule has 0 saturated heterocycles. The average molecular weight is 491 g/mol. The molecule has 7 nitrogen and oxygen atoms in total. The molecule has 4 rings (SSSR count). The second kappa shape index (κ2) is 11.1. The highest BCUT2D eigenvalue weighted by Gasteiger charge is 2.30. The number of hydrogen-bond donors (Lipinski definition) is 1. The zero-order valence-electron chi connectivity index (χ0n) is 19.5. The molecular formula is C27H26N2O5S. The molecule has 3 aromatic carbocycles. The normalized spacial score (nSPS) is 13.0. The lowest BCUT2D eigenvalue weighted by Crippen LogP contribution is -2.39. The van der Waals surface area contributed by atoms with E-state index in [4.69, 9.17) is 9.47 Å². The van der Waals surface area contributed by atoms with E-state index < -0.39 is 12.1 Å². The summed E-state index contributed by atoms with van der Waals surface area (Å²) < 4.78 is 10.7. The number of nitrogens with zero attached hydrogens (tertiary/aromatic N) is 1. The Balaban J connectivity index is 1.37. The van der Waals surface area contributed by atoms with Crippen LogP contribution in [0.25, 0.3) is 0 Å². The number of esters is 1. The van der Waals surface area contributed by atoms with Gasteiger partial charge in [-0.25, -0.2) is 4.79 Å². The van der Waals surface area contributed by atoms with Gasteiger partial charge in [0.2, 0.25) is 5.91 Å². The van der Waals surface area contributed by atoms with Crippen LogP contribution in [0.3, 0.4) is 0 Å². The van der Waals surface area contributed by atoms with E-state index in [1.807, 2.05) is 24.3 Å². The van der Waals surface area contributed by atoms with E-state index in [-0.39, 0.29) is 17.6 Å². The first kappa shape index (κ1) is 24.3. The van der Waals surface area contributed by atoms with Crippen LogP contribution in [0, 0.1) is 0 Å². The maximum Gasteiger partial charge on any atom is 0.340 e. The lowest BCUT2D eigenvalue weighted by Gasteiger charge is -2.22. The number of carbonyl (C=O) groups is 3. The molecule has 1 aliphatic rings.